The van der Waals surface area contributed by atoms with Crippen molar-refractivity contribution in [3.05, 3.63) is 52.4 Å². The van der Waals surface area contributed by atoms with Crippen molar-refractivity contribution in [1.82, 2.24) is 4.90 Å². The first kappa shape index (κ1) is 15.3. The van der Waals surface area contributed by atoms with Crippen LogP contribution in [0.5, 0.6) is 5.75 Å². The molecule has 0 saturated carbocycles. The van der Waals surface area contributed by atoms with Crippen molar-refractivity contribution < 1.29 is 13.9 Å². The molecule has 1 aliphatic heterocycles. The normalized spacial score (nSPS) is 17.5. The number of nitrogens with zero attached hydrogens (tertiary/aromatic N) is 1. The quantitative estimate of drug-likeness (QED) is 0.706. The SMILES string of the molecule is COc1ccc2c(CC(=O)N3CCC[C@H]3c3cccs3)coc2c1. The fraction of sp³-hybridized carbons (Fsp3) is 0.316. The summed E-state index contributed by atoms with van der Waals surface area (Å²) >= 11 is 1.73. The van der Waals surface area contributed by atoms with Crippen LogP contribution in [0.1, 0.15) is 29.3 Å². The van der Waals surface area contributed by atoms with Gasteiger partial charge in [-0.2, -0.15) is 0 Å². The summed E-state index contributed by atoms with van der Waals surface area (Å²) in [6.45, 7) is 0.838. The average Bonchev–Trinajstić information content (AvgIpc) is 3.34. The summed E-state index contributed by atoms with van der Waals surface area (Å²) in [5, 5.41) is 3.06. The van der Waals surface area contributed by atoms with Crippen LogP contribution in [0, 0.1) is 0 Å². The zero-order valence-electron chi connectivity index (χ0n) is 13.5. The molecule has 124 valence electrons. The third kappa shape index (κ3) is 2.69. The zero-order valence-corrected chi connectivity index (χ0v) is 14.3. The van der Waals surface area contributed by atoms with Crippen molar-refractivity contribution in [2.75, 3.05) is 13.7 Å². The molecule has 0 radical (unpaired) electrons. The van der Waals surface area contributed by atoms with Gasteiger partial charge >= 0.3 is 0 Å². The number of rotatable bonds is 4. The van der Waals surface area contributed by atoms with E-state index < -0.39 is 0 Å². The van der Waals surface area contributed by atoms with Crippen LogP contribution < -0.4 is 4.74 Å². The highest BCUT2D eigenvalue weighted by molar-refractivity contribution is 7.10. The third-order valence-electron chi connectivity index (χ3n) is 4.65. The summed E-state index contributed by atoms with van der Waals surface area (Å²) in [4.78, 5) is 16.2. The minimum Gasteiger partial charge on any atom is -0.497 e. The van der Waals surface area contributed by atoms with E-state index in [0.29, 0.717) is 6.42 Å². The Morgan fingerprint density at radius 2 is 2.33 bits per heavy atom. The van der Waals surface area contributed by atoms with Crippen molar-refractivity contribution in [2.24, 2.45) is 0 Å². The second-order valence-corrected chi connectivity index (χ2v) is 7.04. The maximum atomic E-state index is 12.8. The average molecular weight is 341 g/mol. The van der Waals surface area contributed by atoms with Crippen molar-refractivity contribution in [3.8, 4) is 5.75 Å². The lowest BCUT2D eigenvalue weighted by atomic mass is 10.1. The highest BCUT2D eigenvalue weighted by Gasteiger charge is 2.30. The van der Waals surface area contributed by atoms with Crippen LogP contribution in [-0.2, 0) is 11.2 Å². The van der Waals surface area contributed by atoms with E-state index in [2.05, 4.69) is 17.5 Å². The molecule has 3 aromatic rings. The van der Waals surface area contributed by atoms with Gasteiger partial charge in [-0.05, 0) is 36.4 Å². The van der Waals surface area contributed by atoms with E-state index >= 15 is 0 Å². The lowest BCUT2D eigenvalue weighted by Gasteiger charge is -2.23. The highest BCUT2D eigenvalue weighted by atomic mass is 32.1. The van der Waals surface area contributed by atoms with E-state index in [-0.39, 0.29) is 11.9 Å². The molecule has 1 atom stereocenters. The number of methoxy groups -OCH3 is 1. The molecule has 1 fully saturated rings. The van der Waals surface area contributed by atoms with Crippen LogP contribution in [0.25, 0.3) is 11.0 Å². The maximum Gasteiger partial charge on any atom is 0.227 e. The largest absolute Gasteiger partial charge is 0.497 e. The van der Waals surface area contributed by atoms with Crippen molar-refractivity contribution in [3.63, 3.8) is 0 Å². The first-order valence-corrected chi connectivity index (χ1v) is 9.01. The molecule has 0 unspecified atom stereocenters. The second-order valence-electron chi connectivity index (χ2n) is 6.06. The number of hydrogen-bond donors (Lipinski definition) is 0. The lowest BCUT2D eigenvalue weighted by Crippen LogP contribution is -2.31. The Morgan fingerprint density at radius 3 is 3.12 bits per heavy atom. The van der Waals surface area contributed by atoms with E-state index in [4.69, 9.17) is 9.15 Å². The first-order chi connectivity index (χ1) is 11.8. The van der Waals surface area contributed by atoms with Crippen LogP contribution in [0.3, 0.4) is 0 Å². The first-order valence-electron chi connectivity index (χ1n) is 8.13. The Balaban J connectivity index is 1.55. The molecule has 0 aliphatic carbocycles. The number of carbonyl (C=O) groups excluding carboxylic acids is 1. The van der Waals surface area contributed by atoms with Gasteiger partial charge in [-0.1, -0.05) is 6.07 Å². The summed E-state index contributed by atoms with van der Waals surface area (Å²) in [5.74, 6) is 0.927. The maximum absolute atomic E-state index is 12.8. The third-order valence-corrected chi connectivity index (χ3v) is 5.62. The van der Waals surface area contributed by atoms with Gasteiger partial charge in [0.2, 0.25) is 5.91 Å². The molecular weight excluding hydrogens is 322 g/mol. The number of carbonyl (C=O) groups is 1. The number of furan rings is 1. The number of benzene rings is 1. The molecule has 1 aromatic carbocycles. The number of likely N-dealkylation sites (tertiary alicyclic amines) is 1. The minimum atomic E-state index is 0.171. The summed E-state index contributed by atoms with van der Waals surface area (Å²) in [6.07, 6.45) is 4.19. The Bertz CT molecular complexity index is 853. The Morgan fingerprint density at radius 1 is 1.42 bits per heavy atom. The van der Waals surface area contributed by atoms with Gasteiger partial charge in [0.05, 0.1) is 25.8 Å². The minimum absolute atomic E-state index is 0.171. The van der Waals surface area contributed by atoms with Crippen molar-refractivity contribution in [1.29, 1.82) is 0 Å². The molecule has 4 nitrogen and oxygen atoms in total. The number of ether oxygens (including phenoxy) is 1. The van der Waals surface area contributed by atoms with E-state index in [0.717, 1.165) is 41.7 Å². The molecule has 3 heterocycles. The zero-order chi connectivity index (χ0) is 16.5. The molecule has 24 heavy (non-hydrogen) atoms. The summed E-state index contributed by atoms with van der Waals surface area (Å²) in [7, 11) is 1.63. The molecule has 5 heteroatoms. The van der Waals surface area contributed by atoms with Crippen LogP contribution in [0.2, 0.25) is 0 Å². The predicted octanol–water partition coefficient (Wildman–Crippen LogP) is 4.41. The van der Waals surface area contributed by atoms with Gasteiger partial charge in [0.1, 0.15) is 11.3 Å². The summed E-state index contributed by atoms with van der Waals surface area (Å²) in [6, 6.07) is 10.1. The van der Waals surface area contributed by atoms with E-state index in [1.807, 2.05) is 23.1 Å². The lowest BCUT2D eigenvalue weighted by molar-refractivity contribution is -0.131. The summed E-state index contributed by atoms with van der Waals surface area (Å²) in [5.41, 5.74) is 1.70. The summed E-state index contributed by atoms with van der Waals surface area (Å²) < 4.78 is 10.8. The topological polar surface area (TPSA) is 42.7 Å². The molecule has 0 bridgehead atoms. The van der Waals surface area contributed by atoms with Crippen LogP contribution in [0.4, 0.5) is 0 Å². The Labute approximate surface area is 144 Å². The predicted molar refractivity (Wildman–Crippen MR) is 94.5 cm³/mol. The standard InChI is InChI=1S/C19H19NO3S/c1-22-14-6-7-15-13(12-23-17(15)11-14)10-19(21)20-8-2-4-16(20)18-5-3-9-24-18/h3,5-7,9,11-12,16H,2,4,8,10H2,1H3/t16-/m0/s1. The molecule has 0 spiro atoms. The molecule has 2 aromatic heterocycles. The molecule has 4 rings (SSSR count). The molecule has 0 N–H and O–H groups in total. The van der Waals surface area contributed by atoms with E-state index in [9.17, 15) is 4.79 Å². The van der Waals surface area contributed by atoms with Crippen LogP contribution in [-0.4, -0.2) is 24.5 Å². The number of thiophene rings is 1. The van der Waals surface area contributed by atoms with Crippen molar-refractivity contribution in [2.45, 2.75) is 25.3 Å². The van der Waals surface area contributed by atoms with Gasteiger partial charge in [-0.25, -0.2) is 0 Å². The smallest absolute Gasteiger partial charge is 0.227 e. The number of fused-ring (bicyclic) bond motifs is 1. The monoisotopic (exact) mass is 341 g/mol. The van der Waals surface area contributed by atoms with E-state index in [1.165, 1.54) is 4.88 Å². The van der Waals surface area contributed by atoms with Gasteiger partial charge in [0.25, 0.3) is 0 Å². The molecule has 1 amide bonds. The van der Waals surface area contributed by atoms with Crippen molar-refractivity contribution >= 4 is 28.2 Å². The highest BCUT2D eigenvalue weighted by Crippen LogP contribution is 2.35. The number of amides is 1. The van der Waals surface area contributed by atoms with Crippen LogP contribution in [0.15, 0.2) is 46.4 Å². The molecule has 1 aliphatic rings. The fourth-order valence-corrected chi connectivity index (χ4v) is 4.31. The fourth-order valence-electron chi connectivity index (χ4n) is 3.43. The van der Waals surface area contributed by atoms with Gasteiger partial charge in [-0.15, -0.1) is 11.3 Å². The van der Waals surface area contributed by atoms with Gasteiger partial charge in [0, 0.05) is 28.4 Å². The Kier molecular flexibility index (Phi) is 4.02. The Hall–Kier alpha value is -2.27. The second kappa shape index (κ2) is 6.32. The number of hydrogen-bond acceptors (Lipinski definition) is 4. The van der Waals surface area contributed by atoms with Gasteiger partial charge in [-0.3, -0.25) is 4.79 Å². The molecular formula is C19H19NO3S. The molecule has 1 saturated heterocycles. The van der Waals surface area contributed by atoms with Gasteiger partial charge < -0.3 is 14.1 Å². The van der Waals surface area contributed by atoms with E-state index in [1.54, 1.807) is 24.7 Å². The van der Waals surface area contributed by atoms with Gasteiger partial charge in [0.15, 0.2) is 0 Å². The van der Waals surface area contributed by atoms with Crippen LogP contribution >= 0.6 is 11.3 Å².